The summed E-state index contributed by atoms with van der Waals surface area (Å²) >= 11 is 1.51. The number of nitrogens with one attached hydrogen (secondary N) is 1. The summed E-state index contributed by atoms with van der Waals surface area (Å²) in [5.41, 5.74) is 8.38. The van der Waals surface area contributed by atoms with E-state index in [0.717, 1.165) is 31.4 Å². The molecule has 2 amide bonds. The molecule has 1 heterocycles. The van der Waals surface area contributed by atoms with Crippen molar-refractivity contribution in [2.24, 2.45) is 11.7 Å². The topological polar surface area (TPSA) is 75.4 Å². The van der Waals surface area contributed by atoms with E-state index < -0.39 is 5.91 Å². The Bertz CT molecular complexity index is 873. The van der Waals surface area contributed by atoms with E-state index in [1.54, 1.807) is 0 Å². The summed E-state index contributed by atoms with van der Waals surface area (Å²) in [6, 6.07) is 10.6. The third-order valence-corrected chi connectivity index (χ3v) is 7.08. The molecule has 0 aliphatic heterocycles. The molecule has 148 valence electrons. The van der Waals surface area contributed by atoms with Gasteiger partial charge in [0.25, 0.3) is 5.91 Å². The van der Waals surface area contributed by atoms with Crippen LogP contribution in [0.25, 0.3) is 0 Å². The van der Waals surface area contributed by atoms with Gasteiger partial charge in [-0.15, -0.1) is 11.3 Å². The van der Waals surface area contributed by atoms with Crippen molar-refractivity contribution in [3.8, 4) is 0 Å². The molecule has 0 saturated heterocycles. The van der Waals surface area contributed by atoms with E-state index in [-0.39, 0.29) is 5.91 Å². The number of nitrogens with two attached hydrogens (primary N) is 1. The fourth-order valence-corrected chi connectivity index (χ4v) is 5.45. The number of benzene rings is 1. The van der Waals surface area contributed by atoms with E-state index in [9.17, 15) is 9.59 Å². The van der Waals surface area contributed by atoms with Gasteiger partial charge in [-0.2, -0.15) is 0 Å². The Kier molecular flexibility index (Phi) is 5.51. The summed E-state index contributed by atoms with van der Waals surface area (Å²) in [7, 11) is 0. The second-order valence-electron chi connectivity index (χ2n) is 7.94. The number of amides is 2. The van der Waals surface area contributed by atoms with Crippen LogP contribution >= 0.6 is 11.3 Å². The van der Waals surface area contributed by atoms with Gasteiger partial charge in [0, 0.05) is 17.5 Å². The minimum absolute atomic E-state index is 0.0779. The van der Waals surface area contributed by atoms with Crippen molar-refractivity contribution in [3.05, 3.63) is 51.9 Å². The monoisotopic (exact) mass is 397 g/mol. The summed E-state index contributed by atoms with van der Waals surface area (Å²) in [6.45, 7) is 3.27. The quantitative estimate of drug-likeness (QED) is 0.715. The zero-order valence-electron chi connectivity index (χ0n) is 16.2. The van der Waals surface area contributed by atoms with Gasteiger partial charge in [-0.25, -0.2) is 0 Å². The molecule has 4 rings (SSSR count). The van der Waals surface area contributed by atoms with Gasteiger partial charge < -0.3 is 11.1 Å². The van der Waals surface area contributed by atoms with E-state index >= 15 is 0 Å². The predicted octanol–water partition coefficient (Wildman–Crippen LogP) is 3.57. The highest BCUT2D eigenvalue weighted by atomic mass is 32.1. The van der Waals surface area contributed by atoms with Gasteiger partial charge in [0.1, 0.15) is 5.00 Å². The van der Waals surface area contributed by atoms with Crippen molar-refractivity contribution in [1.82, 2.24) is 4.90 Å². The standard InChI is InChI=1S/C22H27N3O2S/c1-14(16-10-11-16)25(12-15-6-3-2-4-7-15)13-19(26)24-22-20(21(23)27)17-8-5-9-18(17)28-22/h2-4,6-7,14,16H,5,8-13H2,1H3,(H2,23,27)(H,24,26). The van der Waals surface area contributed by atoms with Crippen molar-refractivity contribution >= 4 is 28.2 Å². The summed E-state index contributed by atoms with van der Waals surface area (Å²) in [5.74, 6) is 0.149. The van der Waals surface area contributed by atoms with Crippen LogP contribution in [0.4, 0.5) is 5.00 Å². The minimum atomic E-state index is -0.442. The maximum absolute atomic E-state index is 12.9. The van der Waals surface area contributed by atoms with Crippen LogP contribution in [0, 0.1) is 5.92 Å². The molecular weight excluding hydrogens is 370 g/mol. The average molecular weight is 398 g/mol. The van der Waals surface area contributed by atoms with Crippen molar-refractivity contribution in [2.45, 2.75) is 51.6 Å². The summed E-state index contributed by atoms with van der Waals surface area (Å²) in [6.07, 6.45) is 5.36. The second-order valence-corrected chi connectivity index (χ2v) is 9.05. The maximum Gasteiger partial charge on any atom is 0.251 e. The molecule has 1 unspecified atom stereocenters. The van der Waals surface area contributed by atoms with Crippen LogP contribution in [-0.2, 0) is 24.2 Å². The van der Waals surface area contributed by atoms with Gasteiger partial charge in [-0.05, 0) is 56.1 Å². The number of hydrogen-bond acceptors (Lipinski definition) is 4. The van der Waals surface area contributed by atoms with E-state index in [0.29, 0.717) is 29.1 Å². The summed E-state index contributed by atoms with van der Waals surface area (Å²) in [4.78, 5) is 28.3. The van der Waals surface area contributed by atoms with Gasteiger partial charge in [0.2, 0.25) is 5.91 Å². The highest BCUT2D eigenvalue weighted by Crippen LogP contribution is 2.39. The number of fused-ring (bicyclic) bond motifs is 1. The predicted molar refractivity (Wildman–Crippen MR) is 113 cm³/mol. The van der Waals surface area contributed by atoms with E-state index in [4.69, 9.17) is 5.73 Å². The van der Waals surface area contributed by atoms with Crippen molar-refractivity contribution < 1.29 is 9.59 Å². The molecule has 5 nitrogen and oxygen atoms in total. The third kappa shape index (κ3) is 4.13. The number of nitrogens with zero attached hydrogens (tertiary/aromatic N) is 1. The first kappa shape index (κ1) is 19.2. The molecule has 3 N–H and O–H groups in total. The van der Waals surface area contributed by atoms with Crippen LogP contribution in [0.15, 0.2) is 30.3 Å². The highest BCUT2D eigenvalue weighted by molar-refractivity contribution is 7.17. The van der Waals surface area contributed by atoms with Crippen LogP contribution in [-0.4, -0.2) is 29.3 Å². The number of carbonyl (C=O) groups excluding carboxylic acids is 2. The van der Waals surface area contributed by atoms with E-state index in [2.05, 4.69) is 29.3 Å². The highest BCUT2D eigenvalue weighted by Gasteiger charge is 2.33. The SMILES string of the molecule is CC(C1CC1)N(CC(=O)Nc1sc2c(c1C(N)=O)CCC2)Cc1ccccc1. The zero-order valence-corrected chi connectivity index (χ0v) is 17.1. The van der Waals surface area contributed by atoms with Gasteiger partial charge in [-0.3, -0.25) is 14.5 Å². The largest absolute Gasteiger partial charge is 0.365 e. The number of aryl methyl sites for hydroxylation is 1. The molecule has 28 heavy (non-hydrogen) atoms. The Balaban J connectivity index is 1.48. The van der Waals surface area contributed by atoms with E-state index in [1.165, 1.54) is 34.6 Å². The number of carbonyl (C=O) groups is 2. The fraction of sp³-hybridized carbons (Fsp3) is 0.455. The minimum Gasteiger partial charge on any atom is -0.365 e. The second kappa shape index (κ2) is 8.05. The molecule has 1 aromatic heterocycles. The van der Waals surface area contributed by atoms with Crippen molar-refractivity contribution in [1.29, 1.82) is 0 Å². The zero-order chi connectivity index (χ0) is 19.7. The molecule has 1 fully saturated rings. The Morgan fingerprint density at radius 1 is 1.25 bits per heavy atom. The Labute approximate surface area is 169 Å². The average Bonchev–Trinajstić information content (AvgIpc) is 3.32. The van der Waals surface area contributed by atoms with Crippen molar-refractivity contribution in [2.75, 3.05) is 11.9 Å². The smallest absolute Gasteiger partial charge is 0.251 e. The molecule has 2 aliphatic rings. The van der Waals surface area contributed by atoms with Crippen LogP contribution in [0.1, 0.15) is 52.5 Å². The van der Waals surface area contributed by atoms with E-state index in [1.807, 2.05) is 18.2 Å². The molecule has 0 spiro atoms. The van der Waals surface area contributed by atoms with Gasteiger partial charge >= 0.3 is 0 Å². The number of hydrogen-bond donors (Lipinski definition) is 2. The number of thiophene rings is 1. The molecular formula is C22H27N3O2S. The molecule has 1 atom stereocenters. The number of anilines is 1. The molecule has 6 heteroatoms. The van der Waals surface area contributed by atoms with Gasteiger partial charge in [0.15, 0.2) is 0 Å². The fourth-order valence-electron chi connectivity index (χ4n) is 4.14. The van der Waals surface area contributed by atoms with Crippen LogP contribution in [0.5, 0.6) is 0 Å². The Hall–Kier alpha value is -2.18. The first-order valence-corrected chi connectivity index (χ1v) is 10.9. The maximum atomic E-state index is 12.9. The normalized spacial score (nSPS) is 16.8. The van der Waals surface area contributed by atoms with Crippen molar-refractivity contribution in [3.63, 3.8) is 0 Å². The van der Waals surface area contributed by atoms with Gasteiger partial charge in [0.05, 0.1) is 12.1 Å². The lowest BCUT2D eigenvalue weighted by Crippen LogP contribution is -2.40. The van der Waals surface area contributed by atoms with Crippen LogP contribution in [0.2, 0.25) is 0 Å². The molecule has 2 aromatic rings. The number of primary amides is 1. The lowest BCUT2D eigenvalue weighted by Gasteiger charge is -2.28. The summed E-state index contributed by atoms with van der Waals surface area (Å²) < 4.78 is 0. The Morgan fingerprint density at radius 2 is 2.00 bits per heavy atom. The van der Waals surface area contributed by atoms with Crippen LogP contribution < -0.4 is 11.1 Å². The van der Waals surface area contributed by atoms with Gasteiger partial charge in [-0.1, -0.05) is 30.3 Å². The first-order chi connectivity index (χ1) is 13.5. The summed E-state index contributed by atoms with van der Waals surface area (Å²) in [5, 5.41) is 3.61. The molecule has 1 aromatic carbocycles. The molecule has 0 radical (unpaired) electrons. The third-order valence-electron chi connectivity index (χ3n) is 5.88. The Morgan fingerprint density at radius 3 is 2.68 bits per heavy atom. The molecule has 2 aliphatic carbocycles. The lowest BCUT2D eigenvalue weighted by molar-refractivity contribution is -0.118. The van der Waals surface area contributed by atoms with Crippen LogP contribution in [0.3, 0.4) is 0 Å². The lowest BCUT2D eigenvalue weighted by atomic mass is 10.1. The molecule has 0 bridgehead atoms. The first-order valence-electron chi connectivity index (χ1n) is 10.0. The number of rotatable bonds is 8. The molecule has 1 saturated carbocycles.